The lowest BCUT2D eigenvalue weighted by atomic mass is 9.77. The van der Waals surface area contributed by atoms with Crippen LogP contribution in [0.15, 0.2) is 82.3 Å². The molecule has 0 aromatic heterocycles. The van der Waals surface area contributed by atoms with E-state index in [0.29, 0.717) is 30.1 Å². The van der Waals surface area contributed by atoms with Crippen molar-refractivity contribution >= 4 is 55.1 Å². The minimum atomic E-state index is -4.51. The van der Waals surface area contributed by atoms with Crippen LogP contribution in [0.2, 0.25) is 0 Å². The van der Waals surface area contributed by atoms with E-state index in [1.807, 2.05) is 69.9 Å². The first-order valence-corrected chi connectivity index (χ1v) is 19.5. The third kappa shape index (κ3) is 7.20. The van der Waals surface area contributed by atoms with Gasteiger partial charge in [0.2, 0.25) is 5.69 Å². The molecule has 15 heteroatoms. The number of rotatable bonds is 12. The zero-order chi connectivity index (χ0) is 37.5. The second-order valence-electron chi connectivity index (χ2n) is 13.3. The molecule has 3 heterocycles. The highest BCUT2D eigenvalue weighted by Crippen LogP contribution is 2.51. The molecular formula is C36H42N3O10S2+. The van der Waals surface area contributed by atoms with Gasteiger partial charge in [0.15, 0.2) is 5.71 Å². The molecule has 2 aromatic carbocycles. The van der Waals surface area contributed by atoms with Crippen LogP contribution >= 0.6 is 0 Å². The molecule has 0 radical (unpaired) electrons. The van der Waals surface area contributed by atoms with Gasteiger partial charge >= 0.3 is 5.97 Å². The van der Waals surface area contributed by atoms with Gasteiger partial charge in [0.05, 0.1) is 15.2 Å². The highest BCUT2D eigenvalue weighted by Gasteiger charge is 2.45. The maximum absolute atomic E-state index is 12.6. The fraction of sp³-hybridized carbons (Fsp3) is 0.389. The number of likely N-dealkylation sites (N-methyl/N-ethyl adjacent to an activating group) is 1. The molecule has 0 bridgehead atoms. The number of hydroxylamine groups is 2. The maximum atomic E-state index is 12.6. The number of hydrogen-bond donors (Lipinski definition) is 2. The Balaban J connectivity index is 1.43. The number of amides is 2. The second kappa shape index (κ2) is 13.9. The molecule has 51 heavy (non-hydrogen) atoms. The van der Waals surface area contributed by atoms with Gasteiger partial charge < -0.3 is 9.74 Å². The van der Waals surface area contributed by atoms with Crippen molar-refractivity contribution in [1.82, 2.24) is 5.06 Å². The molecule has 272 valence electrons. The van der Waals surface area contributed by atoms with Crippen molar-refractivity contribution < 1.29 is 49.7 Å². The van der Waals surface area contributed by atoms with E-state index in [9.17, 15) is 40.3 Å². The minimum Gasteiger partial charge on any atom is -0.344 e. The Bertz CT molecular complexity index is 2130. The molecular weight excluding hydrogens is 699 g/mol. The van der Waals surface area contributed by atoms with Gasteiger partial charge in [-0.3, -0.25) is 18.7 Å². The molecule has 3 aliphatic heterocycles. The summed E-state index contributed by atoms with van der Waals surface area (Å²) in [6, 6.07) is 9.02. The molecule has 0 unspecified atom stereocenters. The summed E-state index contributed by atoms with van der Waals surface area (Å²) in [5.74, 6) is -1.87. The molecule has 0 spiro atoms. The SMILES string of the molecule is CCN1/C(=C/C=C/C=C/C2=[N+](CC)c3ccc(S(=O)(=O)O)cc3C2(C)C)[C@@](C)(CCCC(=O)ON2C(=O)CCC2=O)c2cc(S(=O)(=O)O)ccc21. The lowest BCUT2D eigenvalue weighted by Crippen LogP contribution is -2.32. The molecule has 2 aromatic rings. The lowest BCUT2D eigenvalue weighted by Gasteiger charge is -2.30. The van der Waals surface area contributed by atoms with Gasteiger partial charge in [0.25, 0.3) is 32.1 Å². The van der Waals surface area contributed by atoms with Crippen LogP contribution in [-0.2, 0) is 50.3 Å². The summed E-state index contributed by atoms with van der Waals surface area (Å²) in [4.78, 5) is 43.1. The number of carbonyl (C=O) groups excluding carboxylic acids is 3. The Kier molecular flexibility index (Phi) is 10.3. The summed E-state index contributed by atoms with van der Waals surface area (Å²) in [5, 5.41) is 0.510. The third-order valence-corrected chi connectivity index (χ3v) is 11.5. The van der Waals surface area contributed by atoms with Gasteiger partial charge in [-0.1, -0.05) is 18.2 Å². The summed E-state index contributed by atoms with van der Waals surface area (Å²) in [6.45, 7) is 11.0. The van der Waals surface area contributed by atoms with Crippen LogP contribution in [0.3, 0.4) is 0 Å². The largest absolute Gasteiger partial charge is 0.344 e. The number of carbonyl (C=O) groups is 3. The van der Waals surface area contributed by atoms with Crippen molar-refractivity contribution in [1.29, 1.82) is 0 Å². The van der Waals surface area contributed by atoms with Crippen LogP contribution < -0.4 is 4.90 Å². The molecule has 0 saturated carbocycles. The topological polar surface area (TPSA) is 179 Å². The Labute approximate surface area is 298 Å². The lowest BCUT2D eigenvalue weighted by molar-refractivity contribution is -0.433. The first kappa shape index (κ1) is 37.8. The summed E-state index contributed by atoms with van der Waals surface area (Å²) >= 11 is 0. The van der Waals surface area contributed by atoms with E-state index >= 15 is 0 Å². The van der Waals surface area contributed by atoms with E-state index in [2.05, 4.69) is 4.58 Å². The molecule has 5 rings (SSSR count). The van der Waals surface area contributed by atoms with Crippen molar-refractivity contribution in [2.45, 2.75) is 87.3 Å². The number of fused-ring (bicyclic) bond motifs is 2. The van der Waals surface area contributed by atoms with E-state index in [4.69, 9.17) is 4.84 Å². The summed E-state index contributed by atoms with van der Waals surface area (Å²) in [6.07, 6.45) is 9.94. The zero-order valence-corrected chi connectivity index (χ0v) is 30.8. The van der Waals surface area contributed by atoms with Gasteiger partial charge in [-0.2, -0.15) is 21.4 Å². The van der Waals surface area contributed by atoms with Gasteiger partial charge in [-0.15, -0.1) is 5.06 Å². The molecule has 0 aliphatic carbocycles. The number of anilines is 1. The quantitative estimate of drug-likeness (QED) is 0.127. The molecule has 1 atom stereocenters. The van der Waals surface area contributed by atoms with Crippen molar-refractivity contribution in [2.75, 3.05) is 18.0 Å². The molecule has 2 amide bonds. The van der Waals surface area contributed by atoms with Crippen molar-refractivity contribution in [3.05, 3.63) is 83.6 Å². The van der Waals surface area contributed by atoms with Crippen molar-refractivity contribution in [2.24, 2.45) is 0 Å². The first-order chi connectivity index (χ1) is 23.8. The Morgan fingerprint density at radius 2 is 1.51 bits per heavy atom. The van der Waals surface area contributed by atoms with E-state index < -0.39 is 48.8 Å². The minimum absolute atomic E-state index is 0.0136. The van der Waals surface area contributed by atoms with Crippen LogP contribution in [0.4, 0.5) is 11.4 Å². The molecule has 13 nitrogen and oxygen atoms in total. The van der Waals surface area contributed by atoms with Crippen LogP contribution in [-0.4, -0.2) is 72.2 Å². The summed E-state index contributed by atoms with van der Waals surface area (Å²) < 4.78 is 69.5. The number of benzene rings is 2. The number of imide groups is 1. The number of nitrogens with zero attached hydrogens (tertiary/aromatic N) is 3. The standard InChI is InChI=1S/C36H41N3O10S2/c1-6-37-28-17-15-24(50(43,44)45)22-26(28)35(3,4)30(37)12-9-8-10-13-31-36(5,21-11-14-34(42)49-39-32(40)19-20-33(39)41)27-23-25(51(46,47)48)16-18-29(27)38(31)7-2/h8-10,12-13,15-18,22-23H,6-7,11,14,19-21H2,1-5H3,(H-,43,44,45,46,47,48)/p+1/t36-/m0/s1. The Morgan fingerprint density at radius 3 is 2.10 bits per heavy atom. The van der Waals surface area contributed by atoms with Gasteiger partial charge in [-0.25, -0.2) is 4.79 Å². The van der Waals surface area contributed by atoms with E-state index in [1.54, 1.807) is 12.1 Å². The monoisotopic (exact) mass is 740 g/mol. The third-order valence-electron chi connectivity index (χ3n) is 9.79. The molecule has 2 N–H and O–H groups in total. The average molecular weight is 741 g/mol. The smallest absolute Gasteiger partial charge is 0.333 e. The Hall–Kier alpha value is -4.44. The molecule has 1 saturated heterocycles. The van der Waals surface area contributed by atoms with Crippen LogP contribution in [0.5, 0.6) is 0 Å². The molecule has 1 fully saturated rings. The second-order valence-corrected chi connectivity index (χ2v) is 16.2. The van der Waals surface area contributed by atoms with E-state index in [0.717, 1.165) is 28.3 Å². The van der Waals surface area contributed by atoms with Gasteiger partial charge in [0, 0.05) is 60.3 Å². The molecule has 3 aliphatic rings. The average Bonchev–Trinajstić information content (AvgIpc) is 3.58. The van der Waals surface area contributed by atoms with Gasteiger partial charge in [-0.05, 0) is 89.4 Å². The summed E-state index contributed by atoms with van der Waals surface area (Å²) in [7, 11) is -8.88. The van der Waals surface area contributed by atoms with Gasteiger partial charge in [0.1, 0.15) is 6.54 Å². The van der Waals surface area contributed by atoms with E-state index in [-0.39, 0.29) is 35.5 Å². The van der Waals surface area contributed by atoms with Crippen LogP contribution in [0.1, 0.15) is 77.8 Å². The van der Waals surface area contributed by atoms with E-state index in [1.165, 1.54) is 24.3 Å². The highest BCUT2D eigenvalue weighted by molar-refractivity contribution is 7.86. The number of allylic oxidation sites excluding steroid dienone is 6. The maximum Gasteiger partial charge on any atom is 0.333 e. The zero-order valence-electron chi connectivity index (χ0n) is 29.1. The highest BCUT2D eigenvalue weighted by atomic mass is 32.2. The van der Waals surface area contributed by atoms with Crippen LogP contribution in [0, 0.1) is 0 Å². The van der Waals surface area contributed by atoms with Crippen LogP contribution in [0.25, 0.3) is 0 Å². The summed E-state index contributed by atoms with van der Waals surface area (Å²) in [5.41, 5.74) is 3.40. The normalized spacial score (nSPS) is 21.1. The van der Waals surface area contributed by atoms with Crippen molar-refractivity contribution in [3.63, 3.8) is 0 Å². The predicted octanol–water partition coefficient (Wildman–Crippen LogP) is 5.15. The Morgan fingerprint density at radius 1 is 0.902 bits per heavy atom. The van der Waals surface area contributed by atoms with Crippen molar-refractivity contribution in [3.8, 4) is 0 Å². The predicted molar refractivity (Wildman–Crippen MR) is 189 cm³/mol. The fourth-order valence-corrected chi connectivity index (χ4v) is 8.21. The number of hydrogen-bond acceptors (Lipinski definition) is 9. The fourth-order valence-electron chi connectivity index (χ4n) is 7.20. The first-order valence-electron chi connectivity index (χ1n) is 16.6.